The van der Waals surface area contributed by atoms with Crippen LogP contribution in [-0.2, 0) is 11.2 Å². The van der Waals surface area contributed by atoms with E-state index in [4.69, 9.17) is 5.73 Å². The molecule has 1 saturated heterocycles. The fourth-order valence-corrected chi connectivity index (χ4v) is 3.13. The molecule has 2 unspecified atom stereocenters. The predicted octanol–water partition coefficient (Wildman–Crippen LogP) is 1.13. The Balaban J connectivity index is 0.00000225. The number of rotatable bonds is 5. The summed E-state index contributed by atoms with van der Waals surface area (Å²) in [6.45, 7) is 3.65. The van der Waals surface area contributed by atoms with Crippen molar-refractivity contribution in [3.8, 4) is 0 Å². The number of nitrogens with two attached hydrogens (primary N) is 1. The number of likely N-dealkylation sites (tertiary alicyclic amines) is 1. The Kier molecular flexibility index (Phi) is 6.44. The number of aromatic nitrogens is 4. The molecular weight excluding hydrogens is 347 g/mol. The van der Waals surface area contributed by atoms with Gasteiger partial charge in [0.15, 0.2) is 0 Å². The van der Waals surface area contributed by atoms with Crippen LogP contribution < -0.4 is 5.73 Å². The summed E-state index contributed by atoms with van der Waals surface area (Å²) < 4.78 is 15.0. The van der Waals surface area contributed by atoms with Crippen molar-refractivity contribution in [2.24, 2.45) is 11.7 Å². The molecule has 2 heterocycles. The van der Waals surface area contributed by atoms with E-state index >= 15 is 0 Å². The van der Waals surface area contributed by atoms with Gasteiger partial charge in [-0.15, -0.1) is 17.5 Å². The standard InChI is InChI=1S/C16H21FN6O.ClH/c1-11-19-20-21-23(11)15(8-12-3-2-4-14(17)7-12)16(24)22-6-5-13(9-18)10-22;/h2-4,7,13,15H,5-6,8-10,18H2,1H3;1H. The van der Waals surface area contributed by atoms with Gasteiger partial charge in [0, 0.05) is 19.5 Å². The summed E-state index contributed by atoms with van der Waals surface area (Å²) in [4.78, 5) is 14.8. The minimum atomic E-state index is -0.585. The van der Waals surface area contributed by atoms with Gasteiger partial charge in [-0.2, -0.15) is 0 Å². The van der Waals surface area contributed by atoms with E-state index in [9.17, 15) is 9.18 Å². The number of nitrogens with zero attached hydrogens (tertiary/aromatic N) is 5. The molecule has 0 radical (unpaired) electrons. The van der Waals surface area contributed by atoms with Crippen LogP contribution in [0.25, 0.3) is 0 Å². The fraction of sp³-hybridized carbons (Fsp3) is 0.500. The molecule has 7 nitrogen and oxygen atoms in total. The van der Waals surface area contributed by atoms with E-state index in [0.29, 0.717) is 37.8 Å². The predicted molar refractivity (Wildman–Crippen MR) is 92.7 cm³/mol. The number of amides is 1. The SMILES string of the molecule is Cc1nnnn1C(Cc1cccc(F)c1)C(=O)N1CCC(CN)C1.Cl. The monoisotopic (exact) mass is 368 g/mol. The van der Waals surface area contributed by atoms with E-state index < -0.39 is 6.04 Å². The van der Waals surface area contributed by atoms with E-state index in [2.05, 4.69) is 15.5 Å². The highest BCUT2D eigenvalue weighted by atomic mass is 35.5. The van der Waals surface area contributed by atoms with Gasteiger partial charge < -0.3 is 10.6 Å². The second-order valence-corrected chi connectivity index (χ2v) is 6.20. The summed E-state index contributed by atoms with van der Waals surface area (Å²) in [5.74, 6) is 0.514. The van der Waals surface area contributed by atoms with E-state index in [1.54, 1.807) is 19.1 Å². The Bertz CT molecular complexity index is 724. The average molecular weight is 369 g/mol. The van der Waals surface area contributed by atoms with E-state index in [-0.39, 0.29) is 24.1 Å². The molecule has 1 fully saturated rings. The summed E-state index contributed by atoms with van der Waals surface area (Å²) in [6, 6.07) is 5.68. The Morgan fingerprint density at radius 3 is 2.88 bits per heavy atom. The van der Waals surface area contributed by atoms with Crippen LogP contribution in [0.3, 0.4) is 0 Å². The second kappa shape index (κ2) is 8.35. The molecule has 0 saturated carbocycles. The summed E-state index contributed by atoms with van der Waals surface area (Å²) in [6.07, 6.45) is 1.25. The van der Waals surface area contributed by atoms with E-state index in [0.717, 1.165) is 12.0 Å². The molecule has 2 atom stereocenters. The maximum atomic E-state index is 13.5. The largest absolute Gasteiger partial charge is 0.340 e. The van der Waals surface area contributed by atoms with Crippen LogP contribution >= 0.6 is 12.4 Å². The molecule has 136 valence electrons. The van der Waals surface area contributed by atoms with Crippen molar-refractivity contribution in [2.45, 2.75) is 25.8 Å². The molecule has 1 aromatic heterocycles. The van der Waals surface area contributed by atoms with Crippen molar-refractivity contribution in [2.75, 3.05) is 19.6 Å². The first-order valence-corrected chi connectivity index (χ1v) is 8.06. The fourth-order valence-electron chi connectivity index (χ4n) is 3.13. The summed E-state index contributed by atoms with van der Waals surface area (Å²) in [5, 5.41) is 11.5. The maximum Gasteiger partial charge on any atom is 0.247 e. The molecule has 9 heteroatoms. The van der Waals surface area contributed by atoms with Gasteiger partial charge in [0.05, 0.1) is 0 Å². The van der Waals surface area contributed by atoms with Crippen LogP contribution in [-0.4, -0.2) is 50.6 Å². The first-order chi connectivity index (χ1) is 11.6. The van der Waals surface area contributed by atoms with Crippen LogP contribution in [0.5, 0.6) is 0 Å². The first-order valence-electron chi connectivity index (χ1n) is 8.06. The maximum absolute atomic E-state index is 13.5. The van der Waals surface area contributed by atoms with Crippen molar-refractivity contribution in [1.82, 2.24) is 25.1 Å². The topological polar surface area (TPSA) is 89.9 Å². The zero-order valence-corrected chi connectivity index (χ0v) is 14.8. The highest BCUT2D eigenvalue weighted by molar-refractivity contribution is 5.85. The lowest BCUT2D eigenvalue weighted by atomic mass is 10.0. The second-order valence-electron chi connectivity index (χ2n) is 6.20. The lowest BCUT2D eigenvalue weighted by molar-refractivity contribution is -0.134. The van der Waals surface area contributed by atoms with Crippen LogP contribution in [0.15, 0.2) is 24.3 Å². The van der Waals surface area contributed by atoms with Crippen molar-refractivity contribution >= 4 is 18.3 Å². The van der Waals surface area contributed by atoms with Gasteiger partial charge in [-0.05, 0) is 53.9 Å². The van der Waals surface area contributed by atoms with Gasteiger partial charge in [-0.3, -0.25) is 4.79 Å². The Labute approximate surface area is 151 Å². The number of hydrogen-bond donors (Lipinski definition) is 1. The van der Waals surface area contributed by atoms with Crippen LogP contribution in [0.1, 0.15) is 23.9 Å². The molecule has 1 amide bonds. The Morgan fingerprint density at radius 1 is 1.48 bits per heavy atom. The molecule has 1 aliphatic rings. The van der Waals surface area contributed by atoms with Crippen molar-refractivity contribution < 1.29 is 9.18 Å². The van der Waals surface area contributed by atoms with Gasteiger partial charge in [-0.1, -0.05) is 12.1 Å². The van der Waals surface area contributed by atoms with Crippen LogP contribution in [0.4, 0.5) is 4.39 Å². The lowest BCUT2D eigenvalue weighted by Gasteiger charge is -2.24. The third kappa shape index (κ3) is 4.32. The Morgan fingerprint density at radius 2 is 2.28 bits per heavy atom. The highest BCUT2D eigenvalue weighted by Gasteiger charge is 2.33. The van der Waals surface area contributed by atoms with E-state index in [1.165, 1.54) is 16.8 Å². The van der Waals surface area contributed by atoms with Gasteiger partial charge >= 0.3 is 0 Å². The van der Waals surface area contributed by atoms with Gasteiger partial charge in [-0.25, -0.2) is 9.07 Å². The zero-order chi connectivity index (χ0) is 17.1. The van der Waals surface area contributed by atoms with Gasteiger partial charge in [0.25, 0.3) is 0 Å². The quantitative estimate of drug-likeness (QED) is 0.854. The molecular formula is C16H22ClFN6O. The molecule has 3 rings (SSSR count). The summed E-state index contributed by atoms with van der Waals surface area (Å²) in [5.41, 5.74) is 6.45. The third-order valence-corrected chi connectivity index (χ3v) is 4.49. The number of aryl methyl sites for hydroxylation is 1. The molecule has 2 N–H and O–H groups in total. The molecule has 0 bridgehead atoms. The number of hydrogen-bond acceptors (Lipinski definition) is 5. The molecule has 1 aliphatic heterocycles. The minimum absolute atomic E-state index is 0. The smallest absolute Gasteiger partial charge is 0.247 e. The Hall–Kier alpha value is -2.06. The number of carbonyl (C=O) groups is 1. The first kappa shape index (κ1) is 19.3. The molecule has 1 aromatic carbocycles. The van der Waals surface area contributed by atoms with E-state index in [1.807, 2.05) is 4.90 Å². The molecule has 0 spiro atoms. The van der Waals surface area contributed by atoms with Crippen LogP contribution in [0.2, 0.25) is 0 Å². The van der Waals surface area contributed by atoms with Crippen molar-refractivity contribution in [1.29, 1.82) is 0 Å². The average Bonchev–Trinajstić information content (AvgIpc) is 3.21. The van der Waals surface area contributed by atoms with Crippen molar-refractivity contribution in [3.63, 3.8) is 0 Å². The van der Waals surface area contributed by atoms with Crippen LogP contribution in [0, 0.1) is 18.7 Å². The molecule has 25 heavy (non-hydrogen) atoms. The summed E-state index contributed by atoms with van der Waals surface area (Å²) >= 11 is 0. The number of carbonyl (C=O) groups excluding carboxylic acids is 1. The number of benzene rings is 1. The molecule has 2 aromatic rings. The highest BCUT2D eigenvalue weighted by Crippen LogP contribution is 2.23. The minimum Gasteiger partial charge on any atom is -0.340 e. The van der Waals surface area contributed by atoms with Gasteiger partial charge in [0.1, 0.15) is 17.7 Å². The number of halogens is 2. The lowest BCUT2D eigenvalue weighted by Crippen LogP contribution is -2.38. The zero-order valence-electron chi connectivity index (χ0n) is 14.0. The summed E-state index contributed by atoms with van der Waals surface area (Å²) in [7, 11) is 0. The third-order valence-electron chi connectivity index (χ3n) is 4.49. The number of tetrazole rings is 1. The molecule has 0 aliphatic carbocycles. The normalized spacial score (nSPS) is 18.0. The van der Waals surface area contributed by atoms with Crippen molar-refractivity contribution in [3.05, 3.63) is 41.5 Å². The van der Waals surface area contributed by atoms with Gasteiger partial charge in [0.2, 0.25) is 5.91 Å².